The Hall–Kier alpha value is -0.860. The molecular formula is C10H16N2O. The molecule has 2 aliphatic rings. The predicted molar refractivity (Wildman–Crippen MR) is 51.7 cm³/mol. The van der Waals surface area contributed by atoms with Gasteiger partial charge in [0.25, 0.3) is 5.91 Å². The van der Waals surface area contributed by atoms with Crippen LogP contribution in [0.5, 0.6) is 0 Å². The van der Waals surface area contributed by atoms with Crippen LogP contribution in [0.1, 0.15) is 39.0 Å². The number of amidine groups is 1. The van der Waals surface area contributed by atoms with Gasteiger partial charge in [0, 0.05) is 13.5 Å². The highest BCUT2D eigenvalue weighted by molar-refractivity contribution is 6.07. The van der Waals surface area contributed by atoms with Gasteiger partial charge in [-0.1, -0.05) is 19.8 Å². The minimum absolute atomic E-state index is 0.224. The number of carbonyl (C=O) groups is 1. The fourth-order valence-corrected chi connectivity index (χ4v) is 2.40. The first-order valence-electron chi connectivity index (χ1n) is 5.06. The number of likely N-dealkylation sites (N-methyl/N-ethyl adjacent to an activating group) is 1. The van der Waals surface area contributed by atoms with E-state index in [1.54, 1.807) is 4.90 Å². The second kappa shape index (κ2) is 2.82. The standard InChI is InChI=1S/C10H16N2O/c1-3-8-11-10(6-4-5-7-10)9(13)12(8)2/h3-7H2,1-2H3. The fraction of sp³-hybridized carbons (Fsp3) is 0.800. The topological polar surface area (TPSA) is 32.7 Å². The second-order valence-corrected chi connectivity index (χ2v) is 3.98. The molecule has 0 aromatic rings. The summed E-state index contributed by atoms with van der Waals surface area (Å²) in [7, 11) is 1.84. The maximum atomic E-state index is 11.9. The average molecular weight is 180 g/mol. The van der Waals surface area contributed by atoms with Gasteiger partial charge in [0.15, 0.2) is 0 Å². The van der Waals surface area contributed by atoms with E-state index in [2.05, 4.69) is 11.9 Å². The van der Waals surface area contributed by atoms with E-state index in [0.717, 1.165) is 37.9 Å². The first kappa shape index (κ1) is 8.73. The zero-order chi connectivity index (χ0) is 9.47. The van der Waals surface area contributed by atoms with Crippen molar-refractivity contribution in [3.05, 3.63) is 0 Å². The monoisotopic (exact) mass is 180 g/mol. The minimum Gasteiger partial charge on any atom is -0.302 e. The quantitative estimate of drug-likeness (QED) is 0.603. The van der Waals surface area contributed by atoms with E-state index < -0.39 is 0 Å². The Morgan fingerprint density at radius 2 is 2.08 bits per heavy atom. The summed E-state index contributed by atoms with van der Waals surface area (Å²) in [5.41, 5.74) is -0.333. The SMILES string of the molecule is CCC1=NC2(CCCC2)C(=O)N1C. The summed E-state index contributed by atoms with van der Waals surface area (Å²) < 4.78 is 0. The Kier molecular flexibility index (Phi) is 1.90. The minimum atomic E-state index is -0.333. The van der Waals surface area contributed by atoms with Crippen LogP contribution in [0.25, 0.3) is 0 Å². The molecule has 1 heterocycles. The van der Waals surface area contributed by atoms with Gasteiger partial charge in [0.2, 0.25) is 0 Å². The van der Waals surface area contributed by atoms with Gasteiger partial charge < -0.3 is 4.90 Å². The molecule has 2 rings (SSSR count). The van der Waals surface area contributed by atoms with Crippen LogP contribution in [-0.2, 0) is 4.79 Å². The van der Waals surface area contributed by atoms with Crippen LogP contribution < -0.4 is 0 Å². The highest BCUT2D eigenvalue weighted by Crippen LogP contribution is 2.38. The number of hydrogen-bond donors (Lipinski definition) is 0. The van der Waals surface area contributed by atoms with Gasteiger partial charge in [-0.15, -0.1) is 0 Å². The molecule has 1 fully saturated rings. The molecule has 0 bridgehead atoms. The molecule has 0 unspecified atom stereocenters. The van der Waals surface area contributed by atoms with Crippen molar-refractivity contribution in [2.75, 3.05) is 7.05 Å². The highest BCUT2D eigenvalue weighted by Gasteiger charge is 2.47. The van der Waals surface area contributed by atoms with Crippen LogP contribution in [0.3, 0.4) is 0 Å². The molecule has 0 N–H and O–H groups in total. The van der Waals surface area contributed by atoms with Gasteiger partial charge in [-0.3, -0.25) is 9.79 Å². The third-order valence-corrected chi connectivity index (χ3v) is 3.18. The number of aliphatic imine (C=N–C) groups is 1. The lowest BCUT2D eigenvalue weighted by Crippen LogP contribution is -2.38. The Bertz CT molecular complexity index is 264. The molecule has 1 amide bonds. The predicted octanol–water partition coefficient (Wildman–Crippen LogP) is 1.58. The first-order chi connectivity index (χ1) is 6.19. The van der Waals surface area contributed by atoms with Gasteiger partial charge in [0.05, 0.1) is 0 Å². The summed E-state index contributed by atoms with van der Waals surface area (Å²) in [6, 6.07) is 0. The second-order valence-electron chi connectivity index (χ2n) is 3.98. The summed E-state index contributed by atoms with van der Waals surface area (Å²) in [4.78, 5) is 18.2. The largest absolute Gasteiger partial charge is 0.302 e. The molecule has 0 aromatic carbocycles. The summed E-state index contributed by atoms with van der Waals surface area (Å²) >= 11 is 0. The van der Waals surface area contributed by atoms with Crippen LogP contribution in [0.4, 0.5) is 0 Å². The van der Waals surface area contributed by atoms with Crippen molar-refractivity contribution in [2.24, 2.45) is 4.99 Å². The molecular weight excluding hydrogens is 164 g/mol. The molecule has 0 aromatic heterocycles. The van der Waals surface area contributed by atoms with E-state index in [0.29, 0.717) is 0 Å². The molecule has 13 heavy (non-hydrogen) atoms. The van der Waals surface area contributed by atoms with Gasteiger partial charge in [0.1, 0.15) is 11.4 Å². The maximum Gasteiger partial charge on any atom is 0.255 e. The molecule has 0 atom stereocenters. The van der Waals surface area contributed by atoms with Crippen molar-refractivity contribution in [3.63, 3.8) is 0 Å². The van der Waals surface area contributed by atoms with Crippen LogP contribution in [0, 0.1) is 0 Å². The van der Waals surface area contributed by atoms with E-state index >= 15 is 0 Å². The van der Waals surface area contributed by atoms with Crippen molar-refractivity contribution < 1.29 is 4.79 Å². The van der Waals surface area contributed by atoms with Crippen LogP contribution in [-0.4, -0.2) is 29.2 Å². The lowest BCUT2D eigenvalue weighted by atomic mass is 9.98. The van der Waals surface area contributed by atoms with Crippen molar-refractivity contribution in [1.29, 1.82) is 0 Å². The van der Waals surface area contributed by atoms with Crippen LogP contribution in [0.15, 0.2) is 4.99 Å². The van der Waals surface area contributed by atoms with Gasteiger partial charge in [-0.05, 0) is 12.8 Å². The summed E-state index contributed by atoms with van der Waals surface area (Å²) in [5.74, 6) is 1.19. The first-order valence-corrected chi connectivity index (χ1v) is 5.06. The zero-order valence-electron chi connectivity index (χ0n) is 8.34. The molecule has 3 nitrogen and oxygen atoms in total. The van der Waals surface area contributed by atoms with Crippen LogP contribution >= 0.6 is 0 Å². The number of hydrogen-bond acceptors (Lipinski definition) is 2. The van der Waals surface area contributed by atoms with E-state index in [1.165, 1.54) is 0 Å². The molecule has 72 valence electrons. The molecule has 1 aliphatic carbocycles. The third kappa shape index (κ3) is 1.10. The number of carbonyl (C=O) groups excluding carboxylic acids is 1. The zero-order valence-corrected chi connectivity index (χ0v) is 8.34. The number of rotatable bonds is 1. The molecule has 1 saturated carbocycles. The Morgan fingerprint density at radius 1 is 1.46 bits per heavy atom. The van der Waals surface area contributed by atoms with Crippen molar-refractivity contribution in [1.82, 2.24) is 4.90 Å². The van der Waals surface area contributed by atoms with Crippen molar-refractivity contribution in [2.45, 2.75) is 44.6 Å². The molecule has 3 heteroatoms. The summed E-state index contributed by atoms with van der Waals surface area (Å²) in [6.45, 7) is 2.05. The molecule has 1 aliphatic heterocycles. The van der Waals surface area contributed by atoms with E-state index in [1.807, 2.05) is 7.05 Å². The van der Waals surface area contributed by atoms with Gasteiger partial charge in [-0.2, -0.15) is 0 Å². The average Bonchev–Trinajstić information content (AvgIpc) is 2.69. The molecule has 0 saturated heterocycles. The smallest absolute Gasteiger partial charge is 0.255 e. The maximum absolute atomic E-state index is 11.9. The lowest BCUT2D eigenvalue weighted by Gasteiger charge is -2.18. The molecule has 0 radical (unpaired) electrons. The van der Waals surface area contributed by atoms with E-state index in [9.17, 15) is 4.79 Å². The van der Waals surface area contributed by atoms with E-state index in [4.69, 9.17) is 0 Å². The lowest BCUT2D eigenvalue weighted by molar-refractivity contribution is -0.130. The third-order valence-electron chi connectivity index (χ3n) is 3.18. The highest BCUT2D eigenvalue weighted by atomic mass is 16.2. The van der Waals surface area contributed by atoms with E-state index in [-0.39, 0.29) is 11.4 Å². The summed E-state index contributed by atoms with van der Waals surface area (Å²) in [5, 5.41) is 0. The van der Waals surface area contributed by atoms with Gasteiger partial charge >= 0.3 is 0 Å². The number of amides is 1. The Balaban J connectivity index is 2.31. The Morgan fingerprint density at radius 3 is 2.54 bits per heavy atom. The molecule has 1 spiro atoms. The van der Waals surface area contributed by atoms with Crippen LogP contribution in [0.2, 0.25) is 0 Å². The van der Waals surface area contributed by atoms with Crippen molar-refractivity contribution in [3.8, 4) is 0 Å². The Labute approximate surface area is 78.8 Å². The number of nitrogens with zero attached hydrogens (tertiary/aromatic N) is 2. The normalized spacial score (nSPS) is 25.8. The summed E-state index contributed by atoms with van der Waals surface area (Å²) in [6.07, 6.45) is 5.09. The van der Waals surface area contributed by atoms with Crippen molar-refractivity contribution >= 4 is 11.7 Å². The fourth-order valence-electron chi connectivity index (χ4n) is 2.40. The van der Waals surface area contributed by atoms with Gasteiger partial charge in [-0.25, -0.2) is 0 Å².